The number of benzene rings is 5. The minimum Gasteiger partial charge on any atom is -0.301 e. The summed E-state index contributed by atoms with van der Waals surface area (Å²) < 4.78 is 4.45. The van der Waals surface area contributed by atoms with E-state index in [0.717, 1.165) is 17.1 Å². The van der Waals surface area contributed by atoms with E-state index < -0.39 is 0 Å². The lowest BCUT2D eigenvalue weighted by Gasteiger charge is -2.23. The number of anilines is 2. The van der Waals surface area contributed by atoms with E-state index in [1.54, 1.807) is 0 Å². The predicted octanol–water partition coefficient (Wildman–Crippen LogP) is 6.87. The average Bonchev–Trinajstić information content (AvgIpc) is 3.21. The van der Waals surface area contributed by atoms with Crippen molar-refractivity contribution in [1.29, 1.82) is 0 Å². The van der Waals surface area contributed by atoms with Crippen LogP contribution in [0.25, 0.3) is 38.3 Å². The summed E-state index contributed by atoms with van der Waals surface area (Å²) in [7, 11) is 3.92. The molecule has 0 amide bonds. The summed E-state index contributed by atoms with van der Waals surface area (Å²) in [5.74, 6) is 0. The molecule has 4 heteroatoms. The van der Waals surface area contributed by atoms with Crippen LogP contribution in [0.15, 0.2) is 108 Å². The second-order valence-corrected chi connectivity index (χ2v) is 9.03. The first-order valence-electron chi connectivity index (χ1n) is 11.8. The van der Waals surface area contributed by atoms with Gasteiger partial charge >= 0.3 is 0 Å². The molecule has 4 nitrogen and oxygen atoms in total. The Kier molecular flexibility index (Phi) is 5.07. The quantitative estimate of drug-likeness (QED) is 0.162. The van der Waals surface area contributed by atoms with Crippen LogP contribution in [0.5, 0.6) is 0 Å². The van der Waals surface area contributed by atoms with E-state index >= 15 is 0 Å². The average molecular weight is 456 g/mol. The number of nitrogens with zero attached hydrogens (tertiary/aromatic N) is 4. The predicted molar refractivity (Wildman–Crippen MR) is 147 cm³/mol. The lowest BCUT2D eigenvalue weighted by Crippen LogP contribution is -2.25. The molecule has 0 aliphatic rings. The number of aromatic nitrogens is 2. The molecule has 6 aromatic rings. The molecule has 0 fully saturated rings. The fourth-order valence-corrected chi connectivity index (χ4v) is 4.97. The maximum atomic E-state index is 4.39. The van der Waals surface area contributed by atoms with E-state index in [-0.39, 0.29) is 0 Å². The molecule has 5 aromatic carbocycles. The molecule has 0 aliphatic carbocycles. The van der Waals surface area contributed by atoms with Gasteiger partial charge in [-0.15, -0.1) is 0 Å². The largest absolute Gasteiger partial charge is 0.301 e. The molecule has 0 unspecified atom stereocenters. The minimum atomic E-state index is 1.07. The number of aliphatic imine (C=N–C) groups is 1. The lowest BCUT2D eigenvalue weighted by atomic mass is 10.0. The van der Waals surface area contributed by atoms with Gasteiger partial charge in [0.05, 0.1) is 24.8 Å². The highest BCUT2D eigenvalue weighted by atomic mass is 15.2. The van der Waals surface area contributed by atoms with Gasteiger partial charge in [0, 0.05) is 13.1 Å². The zero-order valence-corrected chi connectivity index (χ0v) is 20.2. The van der Waals surface area contributed by atoms with Crippen LogP contribution >= 0.6 is 0 Å². The Bertz CT molecular complexity index is 1740. The van der Waals surface area contributed by atoms with Crippen LogP contribution in [0.1, 0.15) is 5.56 Å². The summed E-state index contributed by atoms with van der Waals surface area (Å²) in [6.45, 7) is 2.16. The molecule has 6 rings (SSSR count). The van der Waals surface area contributed by atoms with E-state index in [4.69, 9.17) is 0 Å². The first-order chi connectivity index (χ1) is 17.1. The summed E-state index contributed by atoms with van der Waals surface area (Å²) >= 11 is 0. The lowest BCUT2D eigenvalue weighted by molar-refractivity contribution is -0.645. The van der Waals surface area contributed by atoms with E-state index in [2.05, 4.69) is 136 Å². The third-order valence-electron chi connectivity index (χ3n) is 6.71. The topological polar surface area (TPSA) is 24.4 Å². The molecule has 0 bridgehead atoms. The van der Waals surface area contributed by atoms with Crippen molar-refractivity contribution in [3.8, 4) is 5.69 Å². The third kappa shape index (κ3) is 3.64. The van der Waals surface area contributed by atoms with E-state index in [1.807, 2.05) is 13.4 Å². The van der Waals surface area contributed by atoms with Crippen LogP contribution < -0.4 is 9.47 Å². The minimum absolute atomic E-state index is 1.07. The van der Waals surface area contributed by atoms with E-state index in [9.17, 15) is 0 Å². The van der Waals surface area contributed by atoms with Crippen LogP contribution in [0.4, 0.5) is 11.4 Å². The molecule has 0 saturated carbocycles. The SMILES string of the molecule is CN=CN(c1cccc(-n2c[n+](C)c3cc4ccccc4cc32)c1)c1cc2ccccc2cc1C. The van der Waals surface area contributed by atoms with Gasteiger partial charge < -0.3 is 4.90 Å². The van der Waals surface area contributed by atoms with Crippen LogP contribution in [0, 0.1) is 6.92 Å². The standard InChI is InChI=1S/C31H27N4/c1-22-15-23-9-4-5-10-24(23)16-29(22)34(20-32-2)27-13-8-14-28(19-27)35-21-33(3)30-17-25-11-6-7-12-26(25)18-31(30)35/h4-21H,1-3H3/q+1. The van der Waals surface area contributed by atoms with Crippen molar-refractivity contribution in [1.82, 2.24) is 4.57 Å². The summed E-state index contributed by atoms with van der Waals surface area (Å²) in [5, 5.41) is 4.95. The van der Waals surface area contributed by atoms with Crippen molar-refractivity contribution < 1.29 is 4.57 Å². The smallest absolute Gasteiger partial charge is 0.249 e. The molecule has 35 heavy (non-hydrogen) atoms. The van der Waals surface area contributed by atoms with Crippen molar-refractivity contribution in [3.05, 3.63) is 109 Å². The summed E-state index contributed by atoms with van der Waals surface area (Å²) in [5.41, 5.74) is 6.89. The van der Waals surface area contributed by atoms with Gasteiger partial charge in [0.1, 0.15) is 5.69 Å². The maximum absolute atomic E-state index is 4.39. The Labute approximate surface area is 205 Å². The molecule has 0 atom stereocenters. The van der Waals surface area contributed by atoms with Crippen LogP contribution in [0.3, 0.4) is 0 Å². The number of imidazole rings is 1. The fraction of sp³-hybridized carbons (Fsp3) is 0.0968. The van der Waals surface area contributed by atoms with E-state index in [1.165, 1.54) is 38.1 Å². The maximum Gasteiger partial charge on any atom is 0.249 e. The Morgan fingerprint density at radius 1 is 0.771 bits per heavy atom. The molecular weight excluding hydrogens is 428 g/mol. The van der Waals surface area contributed by atoms with Gasteiger partial charge in [-0.3, -0.25) is 4.99 Å². The molecule has 0 N–H and O–H groups in total. The second kappa shape index (κ2) is 8.41. The van der Waals surface area contributed by atoms with Gasteiger partial charge in [0.15, 0.2) is 11.0 Å². The highest BCUT2D eigenvalue weighted by Crippen LogP contribution is 2.33. The first kappa shape index (κ1) is 21.1. The summed E-state index contributed by atoms with van der Waals surface area (Å²) in [6, 6.07) is 34.7. The normalized spacial score (nSPS) is 11.7. The third-order valence-corrected chi connectivity index (χ3v) is 6.71. The molecular formula is C31H27N4+. The highest BCUT2D eigenvalue weighted by molar-refractivity contribution is 5.97. The van der Waals surface area contributed by atoms with Gasteiger partial charge in [-0.1, -0.05) is 54.6 Å². The van der Waals surface area contributed by atoms with Gasteiger partial charge in [0.2, 0.25) is 6.33 Å². The molecule has 170 valence electrons. The van der Waals surface area contributed by atoms with Crippen molar-refractivity contribution >= 4 is 50.3 Å². The van der Waals surface area contributed by atoms with Gasteiger partial charge in [-0.25, -0.2) is 4.57 Å². The van der Waals surface area contributed by atoms with Crippen molar-refractivity contribution in [3.63, 3.8) is 0 Å². The monoisotopic (exact) mass is 455 g/mol. The molecule has 0 spiro atoms. The Balaban J connectivity index is 1.51. The number of aryl methyl sites for hydroxylation is 2. The zero-order chi connectivity index (χ0) is 23.9. The van der Waals surface area contributed by atoms with Gasteiger partial charge in [-0.2, -0.15) is 4.57 Å². The number of fused-ring (bicyclic) bond motifs is 3. The molecule has 0 aliphatic heterocycles. The molecule has 1 aromatic heterocycles. The Hall–Kier alpha value is -4.44. The number of hydrogen-bond acceptors (Lipinski definition) is 1. The van der Waals surface area contributed by atoms with Crippen molar-refractivity contribution in [2.24, 2.45) is 12.0 Å². The summed E-state index contributed by atoms with van der Waals surface area (Å²) in [4.78, 5) is 6.56. The number of rotatable bonds is 4. The Morgan fingerprint density at radius 3 is 2.14 bits per heavy atom. The van der Waals surface area contributed by atoms with Crippen molar-refractivity contribution in [2.75, 3.05) is 11.9 Å². The van der Waals surface area contributed by atoms with E-state index in [0.29, 0.717) is 0 Å². The number of hydrogen-bond donors (Lipinski definition) is 0. The molecule has 0 radical (unpaired) electrons. The zero-order valence-electron chi connectivity index (χ0n) is 20.2. The molecule has 0 saturated heterocycles. The Morgan fingerprint density at radius 2 is 1.43 bits per heavy atom. The van der Waals surface area contributed by atoms with Crippen molar-refractivity contribution in [2.45, 2.75) is 6.92 Å². The molecule has 1 heterocycles. The van der Waals surface area contributed by atoms with Crippen LogP contribution in [0.2, 0.25) is 0 Å². The van der Waals surface area contributed by atoms with Crippen LogP contribution in [-0.2, 0) is 7.05 Å². The highest BCUT2D eigenvalue weighted by Gasteiger charge is 2.18. The van der Waals surface area contributed by atoms with Gasteiger partial charge in [0.25, 0.3) is 0 Å². The summed E-state index contributed by atoms with van der Waals surface area (Å²) in [6.07, 6.45) is 4.06. The van der Waals surface area contributed by atoms with Gasteiger partial charge in [-0.05, 0) is 70.4 Å². The second-order valence-electron chi connectivity index (χ2n) is 9.03. The fourth-order valence-electron chi connectivity index (χ4n) is 4.97. The van der Waals surface area contributed by atoms with Crippen LogP contribution in [-0.4, -0.2) is 18.0 Å². The first-order valence-corrected chi connectivity index (χ1v) is 11.8.